The molecular formula is C32H32ClN3O9. The third-order valence-electron chi connectivity index (χ3n) is 6.34. The zero-order chi connectivity index (χ0) is 32.5. The number of imide groups is 2. The molecule has 0 bridgehead atoms. The monoisotopic (exact) mass is 637 g/mol. The number of methoxy groups -OCH3 is 2. The summed E-state index contributed by atoms with van der Waals surface area (Å²) in [6.07, 6.45) is 2.05. The maximum absolute atomic E-state index is 13.5. The molecule has 236 valence electrons. The lowest BCUT2D eigenvalue weighted by Crippen LogP contribution is -2.54. The summed E-state index contributed by atoms with van der Waals surface area (Å²) in [7, 11) is 2.93. The maximum atomic E-state index is 13.5. The van der Waals surface area contributed by atoms with Crippen LogP contribution in [-0.2, 0) is 14.4 Å². The van der Waals surface area contributed by atoms with E-state index in [2.05, 4.69) is 10.6 Å². The first-order valence-corrected chi connectivity index (χ1v) is 14.3. The summed E-state index contributed by atoms with van der Waals surface area (Å²) in [5.41, 5.74) is 0.611. The van der Waals surface area contributed by atoms with E-state index in [0.29, 0.717) is 35.1 Å². The number of amides is 5. The zero-order valence-corrected chi connectivity index (χ0v) is 25.9. The average Bonchev–Trinajstić information content (AvgIpc) is 3.02. The van der Waals surface area contributed by atoms with Crippen molar-refractivity contribution in [3.8, 4) is 28.7 Å². The van der Waals surface area contributed by atoms with Crippen LogP contribution in [0.2, 0.25) is 5.02 Å². The fourth-order valence-corrected chi connectivity index (χ4v) is 4.61. The van der Waals surface area contributed by atoms with Gasteiger partial charge in [0.25, 0.3) is 17.7 Å². The van der Waals surface area contributed by atoms with Crippen LogP contribution in [0.1, 0.15) is 25.8 Å². The summed E-state index contributed by atoms with van der Waals surface area (Å²) in [5, 5.41) is 4.95. The molecule has 1 heterocycles. The van der Waals surface area contributed by atoms with Crippen molar-refractivity contribution in [1.29, 1.82) is 0 Å². The molecule has 0 spiro atoms. The van der Waals surface area contributed by atoms with Gasteiger partial charge in [0, 0.05) is 6.07 Å². The third kappa shape index (κ3) is 7.65. The Morgan fingerprint density at radius 3 is 2.38 bits per heavy atom. The largest absolute Gasteiger partial charge is 0.495 e. The first-order valence-electron chi connectivity index (χ1n) is 13.9. The molecule has 0 aromatic heterocycles. The lowest BCUT2D eigenvalue weighted by atomic mass is 10.1. The van der Waals surface area contributed by atoms with Crippen LogP contribution in [0.4, 0.5) is 16.2 Å². The van der Waals surface area contributed by atoms with Crippen LogP contribution in [0, 0.1) is 0 Å². The third-order valence-corrected chi connectivity index (χ3v) is 6.62. The number of hydrogen-bond donors (Lipinski definition) is 2. The molecule has 3 aromatic rings. The predicted molar refractivity (Wildman–Crippen MR) is 168 cm³/mol. The smallest absolute Gasteiger partial charge is 0.335 e. The first kappa shape index (κ1) is 32.7. The van der Waals surface area contributed by atoms with E-state index in [1.807, 2.05) is 6.92 Å². The van der Waals surface area contributed by atoms with Gasteiger partial charge in [0.1, 0.15) is 11.3 Å². The molecule has 1 aliphatic rings. The summed E-state index contributed by atoms with van der Waals surface area (Å²) in [6, 6.07) is 13.5. The van der Waals surface area contributed by atoms with E-state index in [-0.39, 0.29) is 34.4 Å². The molecule has 3 aromatic carbocycles. The summed E-state index contributed by atoms with van der Waals surface area (Å²) in [5.74, 6) is -0.735. The Morgan fingerprint density at radius 1 is 0.911 bits per heavy atom. The number of anilines is 2. The number of halogens is 1. The lowest BCUT2D eigenvalue weighted by Gasteiger charge is -2.27. The minimum absolute atomic E-state index is 0.0573. The van der Waals surface area contributed by atoms with E-state index in [0.717, 1.165) is 11.3 Å². The summed E-state index contributed by atoms with van der Waals surface area (Å²) < 4.78 is 27.7. The van der Waals surface area contributed by atoms with Gasteiger partial charge in [-0.2, -0.15) is 0 Å². The highest BCUT2D eigenvalue weighted by atomic mass is 35.5. The van der Waals surface area contributed by atoms with Gasteiger partial charge in [-0.05, 0) is 61.4 Å². The standard InChI is InChI=1S/C32H32ClN3O9/c1-5-13-44-25-12-11-20(17-26(25)42-4)36-31(39)21(30(38)35-32(36)40)14-19-15-22(33)29(27(16-19)43-6-2)45-18-28(37)34-23-9-7-8-10-24(23)41-3/h7-12,14-17H,5-6,13,18H2,1-4H3,(H,34,37)(H,35,38,40)/b21-14-. The summed E-state index contributed by atoms with van der Waals surface area (Å²) >= 11 is 6.52. The van der Waals surface area contributed by atoms with E-state index >= 15 is 0 Å². The van der Waals surface area contributed by atoms with Crippen LogP contribution in [-0.4, -0.2) is 57.8 Å². The van der Waals surface area contributed by atoms with Gasteiger partial charge in [0.05, 0.1) is 43.8 Å². The fourth-order valence-electron chi connectivity index (χ4n) is 4.33. The SMILES string of the molecule is CCCOc1ccc(N2C(=O)NC(=O)/C(=C/c3cc(Cl)c(OCC(=O)Nc4ccccc4OC)c(OCC)c3)C2=O)cc1OC. The molecule has 12 nitrogen and oxygen atoms in total. The molecule has 13 heteroatoms. The molecule has 0 radical (unpaired) electrons. The molecule has 45 heavy (non-hydrogen) atoms. The molecule has 2 N–H and O–H groups in total. The van der Waals surface area contributed by atoms with Gasteiger partial charge in [-0.3, -0.25) is 19.7 Å². The zero-order valence-electron chi connectivity index (χ0n) is 25.1. The van der Waals surface area contributed by atoms with Crippen LogP contribution < -0.4 is 39.2 Å². The van der Waals surface area contributed by atoms with Gasteiger partial charge in [-0.25, -0.2) is 9.69 Å². The van der Waals surface area contributed by atoms with E-state index in [9.17, 15) is 19.2 Å². The van der Waals surface area contributed by atoms with Gasteiger partial charge >= 0.3 is 6.03 Å². The van der Waals surface area contributed by atoms with Crippen molar-refractivity contribution in [2.24, 2.45) is 0 Å². The van der Waals surface area contributed by atoms with Crippen LogP contribution >= 0.6 is 11.6 Å². The molecular weight excluding hydrogens is 606 g/mol. The topological polar surface area (TPSA) is 142 Å². The number of para-hydroxylation sites is 2. The summed E-state index contributed by atoms with van der Waals surface area (Å²) in [4.78, 5) is 52.5. The Balaban J connectivity index is 1.59. The Labute approximate surface area is 264 Å². The van der Waals surface area contributed by atoms with Gasteiger partial charge < -0.3 is 29.0 Å². The van der Waals surface area contributed by atoms with E-state index in [1.54, 1.807) is 37.3 Å². The van der Waals surface area contributed by atoms with Crippen molar-refractivity contribution < 1.29 is 42.9 Å². The summed E-state index contributed by atoms with van der Waals surface area (Å²) in [6.45, 7) is 3.97. The highest BCUT2D eigenvalue weighted by Gasteiger charge is 2.37. The maximum Gasteiger partial charge on any atom is 0.335 e. The highest BCUT2D eigenvalue weighted by molar-refractivity contribution is 6.39. The number of ether oxygens (including phenoxy) is 5. The molecule has 1 saturated heterocycles. The second kappa shape index (κ2) is 15.0. The van der Waals surface area contributed by atoms with Crippen LogP contribution in [0.3, 0.4) is 0 Å². The molecule has 1 fully saturated rings. The number of hydrogen-bond acceptors (Lipinski definition) is 9. The molecule has 0 unspecified atom stereocenters. The van der Waals surface area contributed by atoms with Crippen molar-refractivity contribution in [3.05, 3.63) is 70.8 Å². The van der Waals surface area contributed by atoms with Crippen molar-refractivity contribution in [2.75, 3.05) is 44.3 Å². The molecule has 0 atom stereocenters. The number of barbiturate groups is 1. The van der Waals surface area contributed by atoms with Crippen molar-refractivity contribution in [1.82, 2.24) is 5.32 Å². The number of nitrogens with one attached hydrogen (secondary N) is 2. The molecule has 5 amide bonds. The van der Waals surface area contributed by atoms with Gasteiger partial charge in [0.2, 0.25) is 0 Å². The number of rotatable bonds is 13. The van der Waals surface area contributed by atoms with Crippen LogP contribution in [0.15, 0.2) is 60.2 Å². The number of carbonyl (C=O) groups excluding carboxylic acids is 4. The minimum atomic E-state index is -0.922. The highest BCUT2D eigenvalue weighted by Crippen LogP contribution is 2.38. The number of urea groups is 1. The Morgan fingerprint density at radius 2 is 1.67 bits per heavy atom. The van der Waals surface area contributed by atoms with Crippen LogP contribution in [0.5, 0.6) is 28.7 Å². The van der Waals surface area contributed by atoms with Gasteiger partial charge in [-0.1, -0.05) is 30.7 Å². The van der Waals surface area contributed by atoms with E-state index in [4.69, 9.17) is 35.3 Å². The first-order chi connectivity index (χ1) is 21.7. The Hall–Kier alpha value is -5.23. The molecule has 0 aliphatic carbocycles. The van der Waals surface area contributed by atoms with Crippen LogP contribution in [0.25, 0.3) is 6.08 Å². The average molecular weight is 638 g/mol. The number of carbonyl (C=O) groups is 4. The minimum Gasteiger partial charge on any atom is -0.495 e. The number of nitrogens with zero attached hydrogens (tertiary/aromatic N) is 1. The Kier molecular flexibility index (Phi) is 10.9. The predicted octanol–water partition coefficient (Wildman–Crippen LogP) is 5.23. The van der Waals surface area contributed by atoms with E-state index in [1.165, 1.54) is 44.6 Å². The van der Waals surface area contributed by atoms with Crippen molar-refractivity contribution in [2.45, 2.75) is 20.3 Å². The quantitative estimate of drug-likeness (QED) is 0.190. The normalized spacial score (nSPS) is 13.8. The number of benzene rings is 3. The van der Waals surface area contributed by atoms with Crippen molar-refractivity contribution in [3.63, 3.8) is 0 Å². The molecule has 1 aliphatic heterocycles. The fraction of sp³-hybridized carbons (Fsp3) is 0.250. The lowest BCUT2D eigenvalue weighted by molar-refractivity contribution is -0.122. The van der Waals surface area contributed by atoms with Gasteiger partial charge in [-0.15, -0.1) is 0 Å². The van der Waals surface area contributed by atoms with E-state index < -0.39 is 30.4 Å². The second-order valence-electron chi connectivity index (χ2n) is 9.44. The molecule has 0 saturated carbocycles. The Bertz CT molecular complexity index is 1640. The molecule has 4 rings (SSSR count). The van der Waals surface area contributed by atoms with Crippen molar-refractivity contribution >= 4 is 52.8 Å². The van der Waals surface area contributed by atoms with Gasteiger partial charge in [0.15, 0.2) is 29.6 Å². The second-order valence-corrected chi connectivity index (χ2v) is 9.85.